The molecule has 0 saturated heterocycles. The number of nitrogens with two attached hydrogens (primary N) is 1. The summed E-state index contributed by atoms with van der Waals surface area (Å²) in [6, 6.07) is 1.62. The molecule has 4 N–H and O–H groups in total. The van der Waals surface area contributed by atoms with Gasteiger partial charge in [-0.25, -0.2) is 13.1 Å². The van der Waals surface area contributed by atoms with Crippen molar-refractivity contribution in [3.8, 4) is 0 Å². The summed E-state index contributed by atoms with van der Waals surface area (Å²) in [5.41, 5.74) is 5.52. The molecule has 0 aliphatic rings. The van der Waals surface area contributed by atoms with Gasteiger partial charge in [-0.2, -0.15) is 0 Å². The lowest BCUT2D eigenvalue weighted by molar-refractivity contribution is 0.0948. The van der Waals surface area contributed by atoms with Gasteiger partial charge in [-0.15, -0.1) is 11.3 Å². The first-order valence-electron chi connectivity index (χ1n) is 5.63. The van der Waals surface area contributed by atoms with E-state index in [4.69, 9.17) is 5.73 Å². The number of nitrogens with one attached hydrogen (secondary N) is 2. The summed E-state index contributed by atoms with van der Waals surface area (Å²) in [6.07, 6.45) is 1.08. The maximum atomic E-state index is 11.9. The summed E-state index contributed by atoms with van der Waals surface area (Å²) >= 11 is 1.31. The van der Waals surface area contributed by atoms with Gasteiger partial charge in [-0.05, 0) is 26.8 Å². The lowest BCUT2D eigenvalue weighted by atomic mass is 10.1. The normalized spacial score (nSPS) is 12.4. The molecule has 19 heavy (non-hydrogen) atoms. The van der Waals surface area contributed by atoms with Crippen LogP contribution in [0.15, 0.2) is 6.07 Å². The summed E-state index contributed by atoms with van der Waals surface area (Å²) < 4.78 is 24.8. The highest BCUT2D eigenvalue weighted by atomic mass is 32.2. The Hall–Kier alpha value is -1.12. The first kappa shape index (κ1) is 15.9. The van der Waals surface area contributed by atoms with E-state index in [1.165, 1.54) is 11.3 Å². The summed E-state index contributed by atoms with van der Waals surface area (Å²) in [6.45, 7) is 5.42. The third-order valence-corrected chi connectivity index (χ3v) is 4.32. The van der Waals surface area contributed by atoms with E-state index in [2.05, 4.69) is 10.0 Å². The number of sulfonamides is 1. The van der Waals surface area contributed by atoms with E-state index >= 15 is 0 Å². The van der Waals surface area contributed by atoms with Gasteiger partial charge in [0.25, 0.3) is 5.91 Å². The highest BCUT2D eigenvalue weighted by Gasteiger charge is 2.23. The maximum Gasteiger partial charge on any atom is 0.261 e. The van der Waals surface area contributed by atoms with Crippen LogP contribution in [0.5, 0.6) is 0 Å². The minimum Gasteiger partial charge on any atom is -0.398 e. The van der Waals surface area contributed by atoms with Gasteiger partial charge in [0.15, 0.2) is 0 Å². The van der Waals surface area contributed by atoms with Crippen molar-refractivity contribution in [1.29, 1.82) is 0 Å². The number of hydrogen-bond donors (Lipinski definition) is 3. The number of amides is 1. The second-order valence-electron chi connectivity index (χ2n) is 5.06. The lowest BCUT2D eigenvalue weighted by Crippen LogP contribution is -2.50. The monoisotopic (exact) mass is 305 g/mol. The van der Waals surface area contributed by atoms with Crippen LogP contribution < -0.4 is 15.8 Å². The van der Waals surface area contributed by atoms with Gasteiger partial charge in [-0.1, -0.05) is 0 Å². The fraction of sp³-hybridized carbons (Fsp3) is 0.545. The van der Waals surface area contributed by atoms with E-state index < -0.39 is 15.6 Å². The van der Waals surface area contributed by atoms with Crippen LogP contribution in [0.2, 0.25) is 0 Å². The fourth-order valence-corrected chi connectivity index (χ4v) is 3.47. The Morgan fingerprint density at radius 2 is 2.05 bits per heavy atom. The van der Waals surface area contributed by atoms with Crippen molar-refractivity contribution in [2.24, 2.45) is 0 Å². The Morgan fingerprint density at radius 1 is 1.47 bits per heavy atom. The molecule has 0 aromatic carbocycles. The number of rotatable bonds is 5. The quantitative estimate of drug-likeness (QED) is 0.745. The summed E-state index contributed by atoms with van der Waals surface area (Å²) in [4.78, 5) is 13.3. The van der Waals surface area contributed by atoms with Crippen molar-refractivity contribution in [3.63, 3.8) is 0 Å². The van der Waals surface area contributed by atoms with Crippen molar-refractivity contribution in [3.05, 3.63) is 15.8 Å². The van der Waals surface area contributed by atoms with Gasteiger partial charge in [0.05, 0.1) is 11.1 Å². The average molecular weight is 305 g/mol. The fourth-order valence-electron chi connectivity index (χ4n) is 1.53. The molecule has 0 fully saturated rings. The standard InChI is InChI=1S/C11H19N3O3S2/c1-7-8(12)5-9(18-7)10(15)13-6-11(2,3)14-19(4,16)17/h5,14H,6,12H2,1-4H3,(H,13,15). The number of carbonyl (C=O) groups excluding carboxylic acids is 1. The van der Waals surface area contributed by atoms with Crippen LogP contribution in [0.25, 0.3) is 0 Å². The molecule has 1 heterocycles. The number of hydrogen-bond acceptors (Lipinski definition) is 5. The Morgan fingerprint density at radius 3 is 2.47 bits per heavy atom. The Labute approximate surface area is 117 Å². The third kappa shape index (κ3) is 5.17. The van der Waals surface area contributed by atoms with E-state index in [9.17, 15) is 13.2 Å². The van der Waals surface area contributed by atoms with Gasteiger partial charge < -0.3 is 11.1 Å². The number of carbonyl (C=O) groups is 1. The zero-order valence-electron chi connectivity index (χ0n) is 11.4. The number of aryl methyl sites for hydroxylation is 1. The maximum absolute atomic E-state index is 11.9. The van der Waals surface area contributed by atoms with E-state index in [1.807, 2.05) is 6.92 Å². The highest BCUT2D eigenvalue weighted by molar-refractivity contribution is 7.88. The molecule has 1 amide bonds. The molecule has 0 bridgehead atoms. The zero-order chi connectivity index (χ0) is 14.8. The van der Waals surface area contributed by atoms with Crippen LogP contribution in [0.1, 0.15) is 28.4 Å². The molecule has 1 aromatic rings. The van der Waals surface area contributed by atoms with Crippen molar-refractivity contribution in [2.45, 2.75) is 26.3 Å². The number of anilines is 1. The topological polar surface area (TPSA) is 101 Å². The molecule has 0 atom stereocenters. The Bertz CT molecular complexity index is 557. The van der Waals surface area contributed by atoms with Crippen molar-refractivity contribution < 1.29 is 13.2 Å². The van der Waals surface area contributed by atoms with Gasteiger partial charge in [0.1, 0.15) is 0 Å². The van der Waals surface area contributed by atoms with Crippen LogP contribution in [-0.4, -0.2) is 32.7 Å². The molecule has 0 radical (unpaired) electrons. The highest BCUT2D eigenvalue weighted by Crippen LogP contribution is 2.23. The van der Waals surface area contributed by atoms with Crippen LogP contribution in [0, 0.1) is 6.92 Å². The van der Waals surface area contributed by atoms with Crippen molar-refractivity contribution >= 4 is 33.0 Å². The number of nitrogen functional groups attached to an aromatic ring is 1. The van der Waals surface area contributed by atoms with Crippen molar-refractivity contribution in [1.82, 2.24) is 10.0 Å². The van der Waals surface area contributed by atoms with Crippen LogP contribution in [-0.2, 0) is 10.0 Å². The van der Waals surface area contributed by atoms with Gasteiger partial charge >= 0.3 is 0 Å². The van der Waals surface area contributed by atoms with Gasteiger partial charge in [-0.3, -0.25) is 4.79 Å². The Balaban J connectivity index is 2.64. The van der Waals surface area contributed by atoms with Crippen molar-refractivity contribution in [2.75, 3.05) is 18.5 Å². The summed E-state index contributed by atoms with van der Waals surface area (Å²) in [5.74, 6) is -0.256. The molecule has 0 aliphatic heterocycles. The molecule has 1 rings (SSSR count). The molecule has 8 heteroatoms. The molecule has 6 nitrogen and oxygen atoms in total. The van der Waals surface area contributed by atoms with Crippen LogP contribution in [0.3, 0.4) is 0 Å². The molecular formula is C11H19N3O3S2. The average Bonchev–Trinajstić information content (AvgIpc) is 2.52. The predicted octanol–water partition coefficient (Wildman–Crippen LogP) is 0.696. The first-order chi connectivity index (χ1) is 8.50. The van der Waals surface area contributed by atoms with E-state index in [0.29, 0.717) is 10.6 Å². The molecule has 1 aromatic heterocycles. The molecule has 0 saturated carbocycles. The van der Waals surface area contributed by atoms with E-state index in [-0.39, 0.29) is 12.5 Å². The second-order valence-corrected chi connectivity index (χ2v) is 8.07. The molecule has 0 unspecified atom stereocenters. The smallest absolute Gasteiger partial charge is 0.261 e. The minimum absolute atomic E-state index is 0.190. The Kier molecular flexibility index (Phi) is 4.59. The minimum atomic E-state index is -3.32. The van der Waals surface area contributed by atoms with Gasteiger partial charge in [0, 0.05) is 22.6 Å². The molecule has 108 valence electrons. The summed E-state index contributed by atoms with van der Waals surface area (Å²) in [7, 11) is -3.32. The zero-order valence-corrected chi connectivity index (χ0v) is 13.0. The first-order valence-corrected chi connectivity index (χ1v) is 8.34. The third-order valence-electron chi connectivity index (χ3n) is 2.33. The SMILES string of the molecule is Cc1sc(C(=O)NCC(C)(C)NS(C)(=O)=O)cc1N. The van der Waals surface area contributed by atoms with Gasteiger partial charge in [0.2, 0.25) is 10.0 Å². The van der Waals surface area contributed by atoms with E-state index in [1.54, 1.807) is 19.9 Å². The molecule has 0 aliphatic carbocycles. The largest absolute Gasteiger partial charge is 0.398 e. The molecule has 0 spiro atoms. The van der Waals surface area contributed by atoms with Crippen LogP contribution in [0.4, 0.5) is 5.69 Å². The molecular weight excluding hydrogens is 286 g/mol. The lowest BCUT2D eigenvalue weighted by Gasteiger charge is -2.25. The second kappa shape index (κ2) is 5.48. The van der Waals surface area contributed by atoms with E-state index in [0.717, 1.165) is 11.1 Å². The predicted molar refractivity (Wildman–Crippen MR) is 77.9 cm³/mol. The summed E-state index contributed by atoms with van der Waals surface area (Å²) in [5, 5.41) is 2.69. The van der Waals surface area contributed by atoms with Crippen LogP contribution >= 0.6 is 11.3 Å². The number of thiophene rings is 1.